The Labute approximate surface area is 177 Å². The summed E-state index contributed by atoms with van der Waals surface area (Å²) < 4.78 is 15.7. The van der Waals surface area contributed by atoms with Gasteiger partial charge in [-0.1, -0.05) is 76.1 Å². The molecule has 0 saturated heterocycles. The van der Waals surface area contributed by atoms with E-state index in [1.807, 2.05) is 0 Å². The lowest BCUT2D eigenvalue weighted by Gasteiger charge is -2.13. The maximum atomic E-state index is 10.5. The molecular weight excluding hydrogens is 364 g/mol. The highest BCUT2D eigenvalue weighted by Gasteiger charge is 2.13. The van der Waals surface area contributed by atoms with Gasteiger partial charge in [0.1, 0.15) is 6.61 Å². The summed E-state index contributed by atoms with van der Waals surface area (Å²) in [5, 5.41) is 10.5. The van der Waals surface area contributed by atoms with Crippen molar-refractivity contribution >= 4 is 0 Å². The molecule has 0 spiro atoms. The Morgan fingerprint density at radius 3 is 2.07 bits per heavy atom. The zero-order valence-corrected chi connectivity index (χ0v) is 18.8. The SMILES string of the molecule is CCCCCCCCCCc1ccccc1CC=C(O)C(OC)=C(COC)OC. The Hall–Kier alpha value is -1.94. The molecule has 0 aliphatic carbocycles. The predicted octanol–water partition coefficient (Wildman–Crippen LogP) is 6.51. The molecule has 0 heterocycles. The minimum atomic E-state index is 0.0725. The summed E-state index contributed by atoms with van der Waals surface area (Å²) in [6.45, 7) is 2.50. The van der Waals surface area contributed by atoms with Gasteiger partial charge in [0, 0.05) is 7.11 Å². The molecule has 164 valence electrons. The van der Waals surface area contributed by atoms with Crippen molar-refractivity contribution in [2.24, 2.45) is 0 Å². The molecule has 4 nitrogen and oxygen atoms in total. The van der Waals surface area contributed by atoms with E-state index in [9.17, 15) is 5.11 Å². The Bertz CT molecular complexity index is 619. The Morgan fingerprint density at radius 2 is 1.48 bits per heavy atom. The number of rotatable bonds is 16. The highest BCUT2D eigenvalue weighted by molar-refractivity contribution is 5.31. The lowest BCUT2D eigenvalue weighted by Crippen LogP contribution is -2.06. The van der Waals surface area contributed by atoms with E-state index in [-0.39, 0.29) is 12.4 Å². The highest BCUT2D eigenvalue weighted by Crippen LogP contribution is 2.19. The minimum Gasteiger partial charge on any atom is -0.504 e. The largest absolute Gasteiger partial charge is 0.504 e. The standard InChI is InChI=1S/C25H40O4/c1-5-6-7-8-9-10-11-12-15-21-16-13-14-17-22(21)18-19-23(26)25(29-4)24(28-3)20-27-2/h13-14,16-17,19,26H,5-12,15,18,20H2,1-4H3. The first kappa shape index (κ1) is 25.1. The number of allylic oxidation sites excluding steroid dienone is 1. The van der Waals surface area contributed by atoms with E-state index in [1.165, 1.54) is 69.6 Å². The fourth-order valence-corrected chi connectivity index (χ4v) is 3.46. The van der Waals surface area contributed by atoms with Crippen molar-refractivity contribution in [1.29, 1.82) is 0 Å². The zero-order chi connectivity index (χ0) is 21.3. The van der Waals surface area contributed by atoms with Gasteiger partial charge in [0.2, 0.25) is 5.76 Å². The third-order valence-electron chi connectivity index (χ3n) is 5.15. The Morgan fingerprint density at radius 1 is 0.862 bits per heavy atom. The number of benzene rings is 1. The van der Waals surface area contributed by atoms with Crippen LogP contribution >= 0.6 is 0 Å². The first-order valence-electron chi connectivity index (χ1n) is 10.9. The number of ether oxygens (including phenoxy) is 3. The molecule has 0 unspecified atom stereocenters. The van der Waals surface area contributed by atoms with Crippen molar-refractivity contribution in [2.75, 3.05) is 27.9 Å². The molecule has 0 saturated carbocycles. The summed E-state index contributed by atoms with van der Waals surface area (Å²) in [6, 6.07) is 8.47. The van der Waals surface area contributed by atoms with Crippen molar-refractivity contribution in [1.82, 2.24) is 0 Å². The van der Waals surface area contributed by atoms with Gasteiger partial charge in [-0.3, -0.25) is 0 Å². The van der Waals surface area contributed by atoms with E-state index in [1.54, 1.807) is 20.3 Å². The van der Waals surface area contributed by atoms with Crippen LogP contribution in [0.3, 0.4) is 0 Å². The van der Waals surface area contributed by atoms with Gasteiger partial charge in [-0.15, -0.1) is 0 Å². The van der Waals surface area contributed by atoms with E-state index in [0.29, 0.717) is 17.9 Å². The van der Waals surface area contributed by atoms with E-state index in [2.05, 4.69) is 31.2 Å². The summed E-state index contributed by atoms with van der Waals surface area (Å²) in [5.41, 5.74) is 2.59. The second-order valence-electron chi connectivity index (χ2n) is 7.38. The van der Waals surface area contributed by atoms with Crippen molar-refractivity contribution in [3.8, 4) is 0 Å². The average Bonchev–Trinajstić information content (AvgIpc) is 2.74. The van der Waals surface area contributed by atoms with Crippen molar-refractivity contribution in [3.05, 3.63) is 58.7 Å². The average molecular weight is 405 g/mol. The molecule has 29 heavy (non-hydrogen) atoms. The van der Waals surface area contributed by atoms with Crippen molar-refractivity contribution < 1.29 is 19.3 Å². The van der Waals surface area contributed by atoms with E-state index >= 15 is 0 Å². The molecule has 0 aromatic heterocycles. The number of hydrogen-bond donors (Lipinski definition) is 1. The maximum Gasteiger partial charge on any atom is 0.200 e. The molecule has 0 atom stereocenters. The van der Waals surface area contributed by atoms with E-state index < -0.39 is 0 Å². The highest BCUT2D eigenvalue weighted by atomic mass is 16.5. The monoisotopic (exact) mass is 404 g/mol. The van der Waals surface area contributed by atoms with Crippen LogP contribution in [0.2, 0.25) is 0 Å². The minimum absolute atomic E-state index is 0.0725. The topological polar surface area (TPSA) is 47.9 Å². The summed E-state index contributed by atoms with van der Waals surface area (Å²) in [4.78, 5) is 0. The van der Waals surface area contributed by atoms with Gasteiger partial charge in [-0.2, -0.15) is 0 Å². The molecule has 1 rings (SSSR count). The molecule has 0 radical (unpaired) electrons. The molecular formula is C25H40O4. The Kier molecular flexibility index (Phi) is 13.8. The van der Waals surface area contributed by atoms with Crippen LogP contribution in [0.4, 0.5) is 0 Å². The second-order valence-corrected chi connectivity index (χ2v) is 7.38. The van der Waals surface area contributed by atoms with Gasteiger partial charge in [0.25, 0.3) is 0 Å². The van der Waals surface area contributed by atoms with Crippen molar-refractivity contribution in [2.45, 2.75) is 71.1 Å². The van der Waals surface area contributed by atoms with Crippen LogP contribution in [0.25, 0.3) is 0 Å². The van der Waals surface area contributed by atoms with Crippen LogP contribution in [-0.4, -0.2) is 33.0 Å². The Balaban J connectivity index is 2.61. The molecule has 0 bridgehead atoms. The van der Waals surface area contributed by atoms with Gasteiger partial charge < -0.3 is 19.3 Å². The van der Waals surface area contributed by atoms with Crippen LogP contribution in [0, 0.1) is 0 Å². The number of aryl methyl sites for hydroxylation is 1. The first-order chi connectivity index (χ1) is 14.2. The van der Waals surface area contributed by atoms with Crippen molar-refractivity contribution in [3.63, 3.8) is 0 Å². The summed E-state index contributed by atoms with van der Waals surface area (Å²) in [7, 11) is 4.64. The van der Waals surface area contributed by atoms with Gasteiger partial charge >= 0.3 is 0 Å². The van der Waals surface area contributed by atoms with Crippen LogP contribution in [0.5, 0.6) is 0 Å². The van der Waals surface area contributed by atoms with Gasteiger partial charge in [-0.25, -0.2) is 0 Å². The molecule has 0 amide bonds. The zero-order valence-electron chi connectivity index (χ0n) is 18.8. The van der Waals surface area contributed by atoms with Gasteiger partial charge in [0.05, 0.1) is 14.2 Å². The second kappa shape index (κ2) is 15.9. The maximum absolute atomic E-state index is 10.5. The molecule has 0 aliphatic rings. The summed E-state index contributed by atoms with van der Waals surface area (Å²) in [5.74, 6) is 0.856. The van der Waals surface area contributed by atoms with E-state index in [4.69, 9.17) is 14.2 Å². The third kappa shape index (κ3) is 9.89. The lowest BCUT2D eigenvalue weighted by atomic mass is 9.98. The number of hydrogen-bond acceptors (Lipinski definition) is 4. The van der Waals surface area contributed by atoms with Gasteiger partial charge in [-0.05, 0) is 36.5 Å². The summed E-state index contributed by atoms with van der Waals surface area (Å²) >= 11 is 0. The first-order valence-corrected chi connectivity index (χ1v) is 10.9. The van der Waals surface area contributed by atoms with Gasteiger partial charge in [0.15, 0.2) is 11.5 Å². The molecule has 0 fully saturated rings. The molecule has 0 aliphatic heterocycles. The van der Waals surface area contributed by atoms with Crippen LogP contribution in [-0.2, 0) is 27.1 Å². The predicted molar refractivity (Wildman–Crippen MR) is 120 cm³/mol. The fraction of sp³-hybridized carbons (Fsp3) is 0.600. The van der Waals surface area contributed by atoms with E-state index in [0.717, 1.165) is 6.42 Å². The molecule has 4 heteroatoms. The summed E-state index contributed by atoms with van der Waals surface area (Å²) in [6.07, 6.45) is 14.1. The smallest absolute Gasteiger partial charge is 0.200 e. The number of methoxy groups -OCH3 is 3. The number of aliphatic hydroxyl groups excluding tert-OH is 1. The number of unbranched alkanes of at least 4 members (excludes halogenated alkanes) is 7. The van der Waals surface area contributed by atoms with Crippen LogP contribution in [0.15, 0.2) is 47.6 Å². The fourth-order valence-electron chi connectivity index (χ4n) is 3.46. The normalized spacial score (nSPS) is 12.6. The lowest BCUT2D eigenvalue weighted by molar-refractivity contribution is 0.134. The molecule has 1 aromatic carbocycles. The molecule has 1 N–H and O–H groups in total. The third-order valence-corrected chi connectivity index (χ3v) is 5.15. The quantitative estimate of drug-likeness (QED) is 0.194. The van der Waals surface area contributed by atoms with Crippen LogP contribution in [0.1, 0.15) is 69.4 Å². The number of aliphatic hydroxyl groups is 1. The molecule has 1 aromatic rings. The van der Waals surface area contributed by atoms with Crippen LogP contribution < -0.4 is 0 Å².